The van der Waals surface area contributed by atoms with Crippen molar-refractivity contribution >= 4 is 28.2 Å². The lowest BCUT2D eigenvalue weighted by atomic mass is 10.1. The summed E-state index contributed by atoms with van der Waals surface area (Å²) < 4.78 is 18.6. The Hall–Kier alpha value is -2.93. The molecule has 2 aromatic heterocycles. The SMILES string of the molecule is Cc1cc(NC(=O)c2ccco2)sc1C(=O)NCCc1ccccc1F. The van der Waals surface area contributed by atoms with Crippen molar-refractivity contribution in [3.8, 4) is 0 Å². The molecule has 0 aliphatic carbocycles. The highest BCUT2D eigenvalue weighted by atomic mass is 32.1. The van der Waals surface area contributed by atoms with Gasteiger partial charge in [-0.25, -0.2) is 4.39 Å². The van der Waals surface area contributed by atoms with Crippen molar-refractivity contribution in [1.29, 1.82) is 0 Å². The van der Waals surface area contributed by atoms with Crippen LogP contribution in [0, 0.1) is 12.7 Å². The Morgan fingerprint density at radius 1 is 1.15 bits per heavy atom. The molecule has 26 heavy (non-hydrogen) atoms. The number of carbonyl (C=O) groups is 2. The summed E-state index contributed by atoms with van der Waals surface area (Å²) in [7, 11) is 0. The molecular weight excluding hydrogens is 355 g/mol. The van der Waals surface area contributed by atoms with Gasteiger partial charge in [-0.05, 0) is 48.7 Å². The zero-order valence-corrected chi connectivity index (χ0v) is 14.9. The number of amides is 2. The molecule has 2 N–H and O–H groups in total. The van der Waals surface area contributed by atoms with Crippen LogP contribution in [0.25, 0.3) is 0 Å². The van der Waals surface area contributed by atoms with Crippen molar-refractivity contribution < 1.29 is 18.4 Å². The fraction of sp³-hybridized carbons (Fsp3) is 0.158. The van der Waals surface area contributed by atoms with E-state index in [2.05, 4.69) is 10.6 Å². The number of nitrogens with one attached hydrogen (secondary N) is 2. The quantitative estimate of drug-likeness (QED) is 0.687. The number of halogens is 1. The topological polar surface area (TPSA) is 71.3 Å². The molecule has 3 rings (SSSR count). The first-order valence-corrected chi connectivity index (χ1v) is 8.83. The van der Waals surface area contributed by atoms with E-state index in [-0.39, 0.29) is 23.4 Å². The van der Waals surface area contributed by atoms with Crippen LogP contribution in [0.1, 0.15) is 31.4 Å². The second-order valence-corrected chi connectivity index (χ2v) is 6.70. The van der Waals surface area contributed by atoms with Gasteiger partial charge in [-0.15, -0.1) is 11.3 Å². The maximum absolute atomic E-state index is 13.6. The van der Waals surface area contributed by atoms with Gasteiger partial charge < -0.3 is 15.1 Å². The standard InChI is InChI=1S/C19H17FN2O3S/c1-12-11-16(22-18(23)15-7-4-10-25-15)26-17(12)19(24)21-9-8-13-5-2-3-6-14(13)20/h2-7,10-11H,8-9H2,1H3,(H,21,24)(H,22,23). The molecule has 0 radical (unpaired) electrons. The summed E-state index contributed by atoms with van der Waals surface area (Å²) in [6.45, 7) is 2.12. The van der Waals surface area contributed by atoms with E-state index in [9.17, 15) is 14.0 Å². The highest BCUT2D eigenvalue weighted by Crippen LogP contribution is 2.27. The molecule has 0 saturated carbocycles. The van der Waals surface area contributed by atoms with Gasteiger partial charge in [-0.2, -0.15) is 0 Å². The van der Waals surface area contributed by atoms with Crippen molar-refractivity contribution in [2.24, 2.45) is 0 Å². The summed E-state index contributed by atoms with van der Waals surface area (Å²) in [6.07, 6.45) is 1.83. The lowest BCUT2D eigenvalue weighted by Gasteiger charge is -2.05. The molecular formula is C19H17FN2O3S. The minimum Gasteiger partial charge on any atom is -0.459 e. The molecule has 0 saturated heterocycles. The Balaban J connectivity index is 1.58. The van der Waals surface area contributed by atoms with Gasteiger partial charge in [0.25, 0.3) is 11.8 Å². The van der Waals surface area contributed by atoms with E-state index in [1.165, 1.54) is 23.7 Å². The molecule has 2 heterocycles. The number of aryl methyl sites for hydroxylation is 1. The Morgan fingerprint density at radius 3 is 2.69 bits per heavy atom. The van der Waals surface area contributed by atoms with Crippen LogP contribution in [-0.2, 0) is 6.42 Å². The predicted molar refractivity (Wildman–Crippen MR) is 98.2 cm³/mol. The highest BCUT2D eigenvalue weighted by molar-refractivity contribution is 7.18. The van der Waals surface area contributed by atoms with Crippen LogP contribution < -0.4 is 10.6 Å². The van der Waals surface area contributed by atoms with Crippen LogP contribution in [0.5, 0.6) is 0 Å². The van der Waals surface area contributed by atoms with E-state index in [0.717, 1.165) is 5.56 Å². The molecule has 2 amide bonds. The van der Waals surface area contributed by atoms with Crippen LogP contribution in [0.15, 0.2) is 53.1 Å². The number of anilines is 1. The Morgan fingerprint density at radius 2 is 1.96 bits per heavy atom. The number of hydrogen-bond donors (Lipinski definition) is 2. The number of hydrogen-bond acceptors (Lipinski definition) is 4. The molecule has 134 valence electrons. The summed E-state index contributed by atoms with van der Waals surface area (Å²) in [4.78, 5) is 24.8. The number of carbonyl (C=O) groups excluding carboxylic acids is 2. The lowest BCUT2D eigenvalue weighted by molar-refractivity contribution is 0.0956. The molecule has 0 spiro atoms. The van der Waals surface area contributed by atoms with E-state index in [1.54, 1.807) is 43.3 Å². The first-order valence-electron chi connectivity index (χ1n) is 8.01. The average molecular weight is 372 g/mol. The van der Waals surface area contributed by atoms with E-state index < -0.39 is 0 Å². The van der Waals surface area contributed by atoms with Gasteiger partial charge in [0.2, 0.25) is 0 Å². The summed E-state index contributed by atoms with van der Waals surface area (Å²) >= 11 is 1.18. The van der Waals surface area contributed by atoms with E-state index in [0.29, 0.717) is 28.4 Å². The van der Waals surface area contributed by atoms with Crippen molar-refractivity contribution in [1.82, 2.24) is 5.32 Å². The molecule has 0 fully saturated rings. The number of thiophene rings is 1. The van der Waals surface area contributed by atoms with Crippen LogP contribution in [0.2, 0.25) is 0 Å². The molecule has 5 nitrogen and oxygen atoms in total. The van der Waals surface area contributed by atoms with Crippen LogP contribution in [-0.4, -0.2) is 18.4 Å². The summed E-state index contributed by atoms with van der Waals surface area (Å²) in [5, 5.41) is 6.05. The fourth-order valence-corrected chi connectivity index (χ4v) is 3.43. The number of benzene rings is 1. The first-order chi connectivity index (χ1) is 12.5. The van der Waals surface area contributed by atoms with Gasteiger partial charge in [0.1, 0.15) is 5.82 Å². The van der Waals surface area contributed by atoms with Gasteiger partial charge in [0.05, 0.1) is 16.1 Å². The lowest BCUT2D eigenvalue weighted by Crippen LogP contribution is -2.25. The monoisotopic (exact) mass is 372 g/mol. The van der Waals surface area contributed by atoms with Crippen molar-refractivity contribution in [2.75, 3.05) is 11.9 Å². The predicted octanol–water partition coefficient (Wildman–Crippen LogP) is 4.01. The number of furan rings is 1. The van der Waals surface area contributed by atoms with E-state index >= 15 is 0 Å². The Bertz CT molecular complexity index is 919. The van der Waals surface area contributed by atoms with Gasteiger partial charge in [0, 0.05) is 6.54 Å². The van der Waals surface area contributed by atoms with E-state index in [1.807, 2.05) is 0 Å². The molecule has 0 unspecified atom stereocenters. The minimum atomic E-state index is -0.372. The maximum atomic E-state index is 13.6. The molecule has 0 atom stereocenters. The Kier molecular flexibility index (Phi) is 5.48. The van der Waals surface area contributed by atoms with Crippen molar-refractivity contribution in [2.45, 2.75) is 13.3 Å². The molecule has 1 aromatic carbocycles. The Labute approximate surface area is 153 Å². The van der Waals surface area contributed by atoms with Crippen molar-refractivity contribution in [3.63, 3.8) is 0 Å². The van der Waals surface area contributed by atoms with Crippen molar-refractivity contribution in [3.05, 3.63) is 76.3 Å². The fourth-order valence-electron chi connectivity index (χ4n) is 2.44. The normalized spacial score (nSPS) is 10.5. The summed E-state index contributed by atoms with van der Waals surface area (Å²) in [6, 6.07) is 11.4. The van der Waals surface area contributed by atoms with E-state index in [4.69, 9.17) is 4.42 Å². The molecule has 7 heteroatoms. The average Bonchev–Trinajstić information content (AvgIpc) is 3.26. The third kappa shape index (κ3) is 4.18. The second kappa shape index (κ2) is 7.97. The minimum absolute atomic E-state index is 0.201. The largest absolute Gasteiger partial charge is 0.459 e. The molecule has 0 aliphatic rings. The molecule has 0 bridgehead atoms. The summed E-state index contributed by atoms with van der Waals surface area (Å²) in [5.74, 6) is -0.700. The smallest absolute Gasteiger partial charge is 0.291 e. The third-order valence-electron chi connectivity index (χ3n) is 3.74. The van der Waals surface area contributed by atoms with Gasteiger partial charge >= 0.3 is 0 Å². The van der Waals surface area contributed by atoms with Gasteiger partial charge in [0.15, 0.2) is 5.76 Å². The molecule has 0 aliphatic heterocycles. The third-order valence-corrected chi connectivity index (χ3v) is 4.89. The zero-order chi connectivity index (χ0) is 18.5. The summed E-state index contributed by atoms with van der Waals surface area (Å²) in [5.41, 5.74) is 1.32. The van der Waals surface area contributed by atoms with Crippen LogP contribution >= 0.6 is 11.3 Å². The van der Waals surface area contributed by atoms with Crippen LogP contribution in [0.4, 0.5) is 9.39 Å². The first kappa shape index (κ1) is 17.9. The van der Waals surface area contributed by atoms with Gasteiger partial charge in [-0.1, -0.05) is 18.2 Å². The van der Waals surface area contributed by atoms with Gasteiger partial charge in [-0.3, -0.25) is 9.59 Å². The second-order valence-electron chi connectivity index (χ2n) is 5.65. The zero-order valence-electron chi connectivity index (χ0n) is 14.0. The molecule has 3 aromatic rings. The van der Waals surface area contributed by atoms with Crippen LogP contribution in [0.3, 0.4) is 0 Å². The maximum Gasteiger partial charge on any atom is 0.291 e. The highest BCUT2D eigenvalue weighted by Gasteiger charge is 2.16. The number of rotatable bonds is 6.